The van der Waals surface area contributed by atoms with Gasteiger partial charge in [0.2, 0.25) is 0 Å². The summed E-state index contributed by atoms with van der Waals surface area (Å²) in [6.07, 6.45) is -2.00. The summed E-state index contributed by atoms with van der Waals surface area (Å²) in [6.45, 7) is 6.11. The van der Waals surface area contributed by atoms with Crippen LogP contribution in [0, 0.1) is 5.41 Å². The molecule has 118 valence electrons. The lowest BCUT2D eigenvalue weighted by atomic mass is 9.77. The lowest BCUT2D eigenvalue weighted by Gasteiger charge is -2.39. The Morgan fingerprint density at radius 3 is 2.67 bits per heavy atom. The molecule has 1 aliphatic heterocycles. The van der Waals surface area contributed by atoms with Gasteiger partial charge in [0.25, 0.3) is 0 Å². The Morgan fingerprint density at radius 2 is 2.10 bits per heavy atom. The van der Waals surface area contributed by atoms with Crippen LogP contribution in [0.5, 0.6) is 0 Å². The van der Waals surface area contributed by atoms with E-state index in [9.17, 15) is 13.2 Å². The standard InChI is InChI=1S/C15H20BrF3N2/c1-14(2)6-3-7-20-13(14)9-21-12-5-4-10(8-11(12)16)15(17,18)19/h4-5,8,13,20-21H,3,6-7,9H2,1-2H3. The molecule has 2 rings (SSSR count). The Labute approximate surface area is 131 Å². The number of piperidine rings is 1. The van der Waals surface area contributed by atoms with Crippen LogP contribution in [0.2, 0.25) is 0 Å². The normalized spacial score (nSPS) is 22.1. The van der Waals surface area contributed by atoms with E-state index in [1.807, 2.05) is 0 Å². The van der Waals surface area contributed by atoms with Crippen molar-refractivity contribution in [1.29, 1.82) is 0 Å². The van der Waals surface area contributed by atoms with Crippen molar-refractivity contribution < 1.29 is 13.2 Å². The second-order valence-corrected chi connectivity index (χ2v) is 7.03. The highest BCUT2D eigenvalue weighted by Gasteiger charge is 2.32. The fraction of sp³-hybridized carbons (Fsp3) is 0.600. The molecule has 1 unspecified atom stereocenters. The number of rotatable bonds is 3. The molecular formula is C15H20BrF3N2. The summed E-state index contributed by atoms with van der Waals surface area (Å²) in [5.41, 5.74) is 0.228. The van der Waals surface area contributed by atoms with E-state index in [4.69, 9.17) is 0 Å². The van der Waals surface area contributed by atoms with Crippen LogP contribution in [0.1, 0.15) is 32.3 Å². The molecule has 0 aliphatic carbocycles. The summed E-state index contributed by atoms with van der Waals surface area (Å²) >= 11 is 3.21. The second-order valence-electron chi connectivity index (χ2n) is 6.17. The number of nitrogens with one attached hydrogen (secondary N) is 2. The lowest BCUT2D eigenvalue weighted by Crippen LogP contribution is -2.50. The molecule has 2 N–H and O–H groups in total. The van der Waals surface area contributed by atoms with E-state index in [1.54, 1.807) is 0 Å². The van der Waals surface area contributed by atoms with E-state index in [2.05, 4.69) is 40.4 Å². The molecule has 6 heteroatoms. The average Bonchev–Trinajstić information content (AvgIpc) is 2.37. The van der Waals surface area contributed by atoms with Crippen molar-refractivity contribution in [2.24, 2.45) is 5.41 Å². The zero-order valence-electron chi connectivity index (χ0n) is 12.1. The summed E-state index contributed by atoms with van der Waals surface area (Å²) in [6, 6.07) is 4.00. The summed E-state index contributed by atoms with van der Waals surface area (Å²) in [4.78, 5) is 0. The predicted octanol–water partition coefficient (Wildman–Crippen LogP) is 4.66. The topological polar surface area (TPSA) is 24.1 Å². The summed E-state index contributed by atoms with van der Waals surface area (Å²) < 4.78 is 38.3. The minimum Gasteiger partial charge on any atom is -0.383 e. The Balaban J connectivity index is 2.03. The van der Waals surface area contributed by atoms with Gasteiger partial charge in [-0.05, 0) is 58.9 Å². The molecule has 21 heavy (non-hydrogen) atoms. The van der Waals surface area contributed by atoms with Gasteiger partial charge in [-0.1, -0.05) is 13.8 Å². The highest BCUT2D eigenvalue weighted by Crippen LogP contribution is 2.35. The monoisotopic (exact) mass is 364 g/mol. The fourth-order valence-corrected chi connectivity index (χ4v) is 3.19. The van der Waals surface area contributed by atoms with Gasteiger partial charge in [0.05, 0.1) is 5.56 Å². The largest absolute Gasteiger partial charge is 0.416 e. The van der Waals surface area contributed by atoms with Crippen molar-refractivity contribution in [2.45, 2.75) is 38.9 Å². The number of benzene rings is 1. The molecule has 1 heterocycles. The Hall–Kier alpha value is -0.750. The number of hydrogen-bond donors (Lipinski definition) is 2. The first-order chi connectivity index (χ1) is 9.70. The van der Waals surface area contributed by atoms with Crippen LogP contribution >= 0.6 is 15.9 Å². The molecule has 0 spiro atoms. The van der Waals surface area contributed by atoms with Crippen molar-refractivity contribution in [2.75, 3.05) is 18.4 Å². The van der Waals surface area contributed by atoms with Gasteiger partial charge in [-0.15, -0.1) is 0 Å². The third kappa shape index (κ3) is 4.13. The van der Waals surface area contributed by atoms with Crippen molar-refractivity contribution >= 4 is 21.6 Å². The SMILES string of the molecule is CC1(C)CCCNC1CNc1ccc(C(F)(F)F)cc1Br. The van der Waals surface area contributed by atoms with Crippen molar-refractivity contribution in [3.8, 4) is 0 Å². The minimum absolute atomic E-state index is 0.184. The van der Waals surface area contributed by atoms with E-state index in [-0.39, 0.29) is 5.41 Å². The zero-order chi connectivity index (χ0) is 15.7. The maximum atomic E-state index is 12.6. The van der Waals surface area contributed by atoms with Gasteiger partial charge >= 0.3 is 6.18 Å². The molecule has 0 amide bonds. The smallest absolute Gasteiger partial charge is 0.383 e. The van der Waals surface area contributed by atoms with Gasteiger partial charge in [-0.25, -0.2) is 0 Å². The van der Waals surface area contributed by atoms with Crippen LogP contribution in [0.25, 0.3) is 0 Å². The van der Waals surface area contributed by atoms with Crippen LogP contribution in [0.4, 0.5) is 18.9 Å². The first-order valence-corrected chi connectivity index (χ1v) is 7.83. The molecule has 2 nitrogen and oxygen atoms in total. The van der Waals surface area contributed by atoms with E-state index >= 15 is 0 Å². The molecule has 1 aliphatic rings. The zero-order valence-corrected chi connectivity index (χ0v) is 13.7. The van der Waals surface area contributed by atoms with Crippen LogP contribution < -0.4 is 10.6 Å². The maximum absolute atomic E-state index is 12.6. The highest BCUT2D eigenvalue weighted by molar-refractivity contribution is 9.10. The number of anilines is 1. The lowest BCUT2D eigenvalue weighted by molar-refractivity contribution is -0.137. The Bertz CT molecular complexity index is 500. The third-order valence-corrected chi connectivity index (χ3v) is 4.78. The van der Waals surface area contributed by atoms with Gasteiger partial charge in [0, 0.05) is 22.7 Å². The van der Waals surface area contributed by atoms with Crippen LogP contribution in [-0.2, 0) is 6.18 Å². The molecule has 1 saturated heterocycles. The van der Waals surface area contributed by atoms with E-state index < -0.39 is 11.7 Å². The first-order valence-electron chi connectivity index (χ1n) is 7.04. The first kappa shape index (κ1) is 16.6. The van der Waals surface area contributed by atoms with Gasteiger partial charge in [0.1, 0.15) is 0 Å². The molecule has 0 aromatic heterocycles. The molecule has 1 aromatic rings. The van der Waals surface area contributed by atoms with Gasteiger partial charge < -0.3 is 10.6 Å². The maximum Gasteiger partial charge on any atom is 0.416 e. The van der Waals surface area contributed by atoms with Crippen molar-refractivity contribution in [3.05, 3.63) is 28.2 Å². The molecular weight excluding hydrogens is 345 g/mol. The molecule has 1 aromatic carbocycles. The fourth-order valence-electron chi connectivity index (χ4n) is 2.67. The Kier molecular flexibility index (Phi) is 4.88. The van der Waals surface area contributed by atoms with Crippen LogP contribution in [0.15, 0.2) is 22.7 Å². The summed E-state index contributed by atoms with van der Waals surface area (Å²) in [5, 5.41) is 6.72. The van der Waals surface area contributed by atoms with E-state index in [1.165, 1.54) is 6.07 Å². The van der Waals surface area contributed by atoms with E-state index in [0.29, 0.717) is 22.7 Å². The number of alkyl halides is 3. The quantitative estimate of drug-likeness (QED) is 0.814. The van der Waals surface area contributed by atoms with Gasteiger partial charge in [0.15, 0.2) is 0 Å². The molecule has 1 atom stereocenters. The average molecular weight is 365 g/mol. The minimum atomic E-state index is -4.31. The second kappa shape index (κ2) is 6.16. The number of halogens is 4. The predicted molar refractivity (Wildman–Crippen MR) is 82.4 cm³/mol. The van der Waals surface area contributed by atoms with Gasteiger partial charge in [-0.3, -0.25) is 0 Å². The Morgan fingerprint density at radius 1 is 1.38 bits per heavy atom. The molecule has 0 bridgehead atoms. The number of hydrogen-bond acceptors (Lipinski definition) is 2. The van der Waals surface area contributed by atoms with Crippen molar-refractivity contribution in [3.63, 3.8) is 0 Å². The summed E-state index contributed by atoms with van der Waals surface area (Å²) in [5.74, 6) is 0. The van der Waals surface area contributed by atoms with Crippen LogP contribution in [0.3, 0.4) is 0 Å². The summed E-state index contributed by atoms with van der Waals surface area (Å²) in [7, 11) is 0. The van der Waals surface area contributed by atoms with Gasteiger partial charge in [-0.2, -0.15) is 13.2 Å². The highest BCUT2D eigenvalue weighted by atomic mass is 79.9. The molecule has 1 fully saturated rings. The molecule has 0 radical (unpaired) electrons. The van der Waals surface area contributed by atoms with E-state index in [0.717, 1.165) is 31.5 Å². The third-order valence-electron chi connectivity index (χ3n) is 4.13. The van der Waals surface area contributed by atoms with Crippen LogP contribution in [-0.4, -0.2) is 19.1 Å². The van der Waals surface area contributed by atoms with Crippen molar-refractivity contribution in [1.82, 2.24) is 5.32 Å². The molecule has 0 saturated carbocycles.